The molecule has 4 rings (SSSR count). The Hall–Kier alpha value is -2.63. The Morgan fingerprint density at radius 3 is 2.84 bits per heavy atom. The van der Waals surface area contributed by atoms with Crippen LogP contribution < -0.4 is 16.0 Å². The lowest BCUT2D eigenvalue weighted by atomic mass is 9.49. The van der Waals surface area contributed by atoms with Crippen LogP contribution in [-0.2, 0) is 35.2 Å². The van der Waals surface area contributed by atoms with E-state index >= 15 is 0 Å². The standard InChI is InChI=1S/C12H14BN3O2S.C11H15N/c1-8(16-7-17)12(18)15-5-10-2-9-3-13(6-14)4-11(9)19-10;1-2-4-10(5-3-1)8-11-6-7-12-9-11/h2,7-8H,3-5H2,1H3,(H,15,18)(H,16,17);1-5,11-12H,6-9H2. The summed E-state index contributed by atoms with van der Waals surface area (Å²) in [4.78, 5) is 24.2. The Balaban J connectivity index is 0.000000194. The lowest BCUT2D eigenvalue weighted by molar-refractivity contribution is -0.125. The summed E-state index contributed by atoms with van der Waals surface area (Å²) < 4.78 is 0. The number of rotatable bonds is 7. The van der Waals surface area contributed by atoms with E-state index in [-0.39, 0.29) is 12.6 Å². The molecule has 0 aliphatic carbocycles. The number of nitrogens with one attached hydrogen (secondary N) is 3. The van der Waals surface area contributed by atoms with Crippen LogP contribution in [0.5, 0.6) is 0 Å². The molecule has 1 aromatic heterocycles. The molecule has 0 spiro atoms. The monoisotopic (exact) mass is 436 g/mol. The first-order valence-corrected chi connectivity index (χ1v) is 11.6. The highest BCUT2D eigenvalue weighted by molar-refractivity contribution is 7.12. The van der Waals surface area contributed by atoms with Crippen molar-refractivity contribution < 1.29 is 9.59 Å². The third-order valence-electron chi connectivity index (χ3n) is 5.71. The molecule has 0 saturated carbocycles. The topological polar surface area (TPSA) is 94.0 Å². The van der Waals surface area contributed by atoms with Gasteiger partial charge in [0.05, 0.1) is 6.54 Å². The van der Waals surface area contributed by atoms with Gasteiger partial charge in [-0.2, -0.15) is 0 Å². The van der Waals surface area contributed by atoms with Crippen molar-refractivity contribution in [2.75, 3.05) is 13.1 Å². The molecule has 31 heavy (non-hydrogen) atoms. The van der Waals surface area contributed by atoms with Crippen molar-refractivity contribution in [2.45, 2.75) is 45.0 Å². The van der Waals surface area contributed by atoms with Crippen molar-refractivity contribution in [3.63, 3.8) is 0 Å². The molecule has 162 valence electrons. The minimum Gasteiger partial charge on any atom is -0.349 e. The van der Waals surface area contributed by atoms with Crippen molar-refractivity contribution in [3.8, 4) is 5.97 Å². The maximum atomic E-state index is 11.6. The third-order valence-corrected chi connectivity index (χ3v) is 6.91. The highest BCUT2D eigenvalue weighted by Gasteiger charge is 2.27. The molecule has 2 aromatic rings. The number of fused-ring (bicyclic) bond motifs is 1. The number of carbonyl (C=O) groups is 2. The first kappa shape index (κ1) is 23.0. The number of amides is 2. The number of nitriles is 1. The van der Waals surface area contributed by atoms with Crippen LogP contribution in [0.15, 0.2) is 36.4 Å². The molecule has 2 amide bonds. The van der Waals surface area contributed by atoms with Gasteiger partial charge in [-0.25, -0.2) is 5.26 Å². The van der Waals surface area contributed by atoms with E-state index < -0.39 is 6.04 Å². The summed E-state index contributed by atoms with van der Waals surface area (Å²) in [5.41, 5.74) is 2.71. The zero-order valence-electron chi connectivity index (χ0n) is 17.9. The maximum absolute atomic E-state index is 11.6. The van der Waals surface area contributed by atoms with E-state index in [4.69, 9.17) is 5.26 Å². The fourth-order valence-corrected chi connectivity index (χ4v) is 5.17. The Bertz CT molecular complexity index is 883. The van der Waals surface area contributed by atoms with Crippen molar-refractivity contribution in [1.29, 1.82) is 5.26 Å². The van der Waals surface area contributed by atoms with E-state index in [1.807, 2.05) is 0 Å². The van der Waals surface area contributed by atoms with Crippen LogP contribution in [-0.4, -0.2) is 38.2 Å². The zero-order valence-corrected chi connectivity index (χ0v) is 18.7. The van der Waals surface area contributed by atoms with Crippen LogP contribution in [0.3, 0.4) is 0 Å². The number of hydrogen-bond donors (Lipinski definition) is 3. The number of carbonyl (C=O) groups excluding carboxylic acids is 2. The summed E-state index contributed by atoms with van der Waals surface area (Å²) in [6.45, 7) is 4.63. The van der Waals surface area contributed by atoms with Gasteiger partial charge in [-0.1, -0.05) is 30.3 Å². The fraction of sp³-hybridized carbons (Fsp3) is 0.435. The van der Waals surface area contributed by atoms with Crippen LogP contribution in [0.2, 0.25) is 0 Å². The average Bonchev–Trinajstić information content (AvgIpc) is 3.50. The molecule has 6 nitrogen and oxygen atoms in total. The van der Waals surface area contributed by atoms with Gasteiger partial charge in [0, 0.05) is 15.7 Å². The maximum Gasteiger partial charge on any atom is 0.277 e. The average molecular weight is 436 g/mol. The Kier molecular flexibility index (Phi) is 8.68. The summed E-state index contributed by atoms with van der Waals surface area (Å²) in [7, 11) is 0. The highest BCUT2D eigenvalue weighted by atomic mass is 32.1. The number of thiophene rings is 1. The molecule has 1 saturated heterocycles. The van der Waals surface area contributed by atoms with Gasteiger partial charge in [0.2, 0.25) is 12.3 Å². The van der Waals surface area contributed by atoms with E-state index in [2.05, 4.69) is 58.3 Å². The first-order valence-electron chi connectivity index (χ1n) is 10.8. The van der Waals surface area contributed by atoms with Gasteiger partial charge in [0.15, 0.2) is 0 Å². The molecule has 8 heteroatoms. The minimum atomic E-state index is -0.521. The molecule has 0 bridgehead atoms. The van der Waals surface area contributed by atoms with Gasteiger partial charge in [-0.3, -0.25) is 9.59 Å². The molecule has 2 aliphatic rings. The Morgan fingerprint density at radius 1 is 1.39 bits per heavy atom. The molecule has 2 atom stereocenters. The van der Waals surface area contributed by atoms with Crippen molar-refractivity contribution in [3.05, 3.63) is 57.3 Å². The predicted octanol–water partition coefficient (Wildman–Crippen LogP) is 2.07. The van der Waals surface area contributed by atoms with Crippen LogP contribution in [0.25, 0.3) is 0 Å². The van der Waals surface area contributed by atoms with Gasteiger partial charge in [0.25, 0.3) is 6.71 Å². The quantitative estimate of drug-likeness (QED) is 0.458. The normalized spacial score (nSPS) is 17.7. The van der Waals surface area contributed by atoms with Gasteiger partial charge < -0.3 is 16.0 Å². The van der Waals surface area contributed by atoms with Crippen molar-refractivity contribution in [1.82, 2.24) is 16.0 Å². The summed E-state index contributed by atoms with van der Waals surface area (Å²) in [5, 5.41) is 17.5. The van der Waals surface area contributed by atoms with E-state index in [1.165, 1.54) is 41.9 Å². The smallest absolute Gasteiger partial charge is 0.277 e. The molecule has 2 aliphatic heterocycles. The number of nitrogens with zero attached hydrogens (tertiary/aromatic N) is 1. The van der Waals surface area contributed by atoms with E-state index in [0.29, 0.717) is 13.0 Å². The lowest BCUT2D eigenvalue weighted by Crippen LogP contribution is -2.41. The van der Waals surface area contributed by atoms with Crippen LogP contribution in [0.4, 0.5) is 0 Å². The van der Waals surface area contributed by atoms with Gasteiger partial charge in [-0.05, 0) is 68.6 Å². The van der Waals surface area contributed by atoms with Gasteiger partial charge in [0.1, 0.15) is 6.04 Å². The molecule has 3 heterocycles. The molecule has 1 aromatic carbocycles. The molecule has 2 unspecified atom stereocenters. The summed E-state index contributed by atoms with van der Waals surface area (Å²) >= 11 is 1.65. The Labute approximate surface area is 188 Å². The number of benzene rings is 1. The van der Waals surface area contributed by atoms with Crippen molar-refractivity contribution >= 4 is 30.4 Å². The molecular formula is C23H29BN4O2S. The second-order valence-corrected chi connectivity index (χ2v) is 9.39. The predicted molar refractivity (Wildman–Crippen MR) is 125 cm³/mol. The van der Waals surface area contributed by atoms with Crippen LogP contribution in [0, 0.1) is 17.1 Å². The summed E-state index contributed by atoms with van der Waals surface area (Å²) in [6.07, 6.45) is 4.75. The highest BCUT2D eigenvalue weighted by Crippen LogP contribution is 2.30. The van der Waals surface area contributed by atoms with E-state index in [0.717, 1.165) is 23.4 Å². The molecular weight excluding hydrogens is 407 g/mol. The summed E-state index contributed by atoms with van der Waals surface area (Å²) in [5.74, 6) is 2.96. The number of hydrogen-bond acceptors (Lipinski definition) is 5. The summed E-state index contributed by atoms with van der Waals surface area (Å²) in [6, 6.07) is 12.3. The zero-order chi connectivity index (χ0) is 22.1. The van der Waals surface area contributed by atoms with Crippen LogP contribution in [0.1, 0.15) is 34.2 Å². The molecule has 1 fully saturated rings. The van der Waals surface area contributed by atoms with E-state index in [9.17, 15) is 9.59 Å². The van der Waals surface area contributed by atoms with Gasteiger partial charge >= 0.3 is 0 Å². The molecule has 0 radical (unpaired) electrons. The first-order chi connectivity index (χ1) is 15.1. The second-order valence-electron chi connectivity index (χ2n) is 8.17. The second kappa shape index (κ2) is 11.7. The third kappa shape index (κ3) is 6.95. The molecule has 3 N–H and O–H groups in total. The van der Waals surface area contributed by atoms with Crippen LogP contribution >= 0.6 is 11.3 Å². The lowest BCUT2D eigenvalue weighted by Gasteiger charge is -2.09. The largest absolute Gasteiger partial charge is 0.349 e. The Morgan fingerprint density at radius 2 is 2.19 bits per heavy atom. The fourth-order valence-electron chi connectivity index (χ4n) is 3.95. The SMILES string of the molecule is CC(NC=O)C(=O)NCc1cc2c(s1)CB(C#N)C2.c1ccc(CC2CCNC2)cc1. The van der Waals surface area contributed by atoms with Gasteiger partial charge in [-0.15, -0.1) is 11.3 Å². The minimum absolute atomic E-state index is 0.113. The van der Waals surface area contributed by atoms with Crippen molar-refractivity contribution in [2.24, 2.45) is 5.92 Å². The van der Waals surface area contributed by atoms with E-state index in [1.54, 1.807) is 18.3 Å².